The van der Waals surface area contributed by atoms with E-state index in [9.17, 15) is 79.2 Å². The molecule has 14 N–H and O–H groups in total. The molecule has 0 heterocycles. The number of carboxylic acid groups (broad SMARTS) is 8. The van der Waals surface area contributed by atoms with Crippen molar-refractivity contribution in [2.24, 2.45) is 11.5 Å². The molecule has 0 atom stereocenters. The quantitative estimate of drug-likeness (QED) is 0.0342. The van der Waals surface area contributed by atoms with Crippen LogP contribution in [0.5, 0.6) is 0 Å². The van der Waals surface area contributed by atoms with E-state index in [1.54, 1.807) is 0 Å². The largest absolute Gasteiger partial charge is 0.481 e. The molecule has 44 heavy (non-hydrogen) atoms. The van der Waals surface area contributed by atoms with Gasteiger partial charge in [-0.3, -0.25) is 48.0 Å². The van der Waals surface area contributed by atoms with Gasteiger partial charge in [0.05, 0.1) is 86.7 Å². The minimum atomic E-state index is -2.59. The van der Waals surface area contributed by atoms with Gasteiger partial charge in [-0.25, -0.2) is 0 Å². The second kappa shape index (κ2) is 16.4. The van der Waals surface area contributed by atoms with Crippen molar-refractivity contribution in [2.45, 2.75) is 73.5 Å². The highest BCUT2D eigenvalue weighted by Gasteiger charge is 2.56. The molecule has 0 spiro atoms. The number of hydrogen-bond acceptors (Lipinski definition) is 14. The summed E-state index contributed by atoms with van der Waals surface area (Å²) in [6, 6.07) is 0. The number of hydrogen-bond donors (Lipinski definition) is 12. The highest BCUT2D eigenvalue weighted by Crippen LogP contribution is 2.35. The topological polar surface area (TPSA) is 393 Å². The summed E-state index contributed by atoms with van der Waals surface area (Å²) in [6.07, 6.45) is -10.0. The fourth-order valence-electron chi connectivity index (χ4n) is 4.55. The van der Waals surface area contributed by atoms with Crippen molar-refractivity contribution in [3.8, 4) is 0 Å². The summed E-state index contributed by atoms with van der Waals surface area (Å²) < 4.78 is 0. The molecule has 0 aromatic carbocycles. The van der Waals surface area contributed by atoms with Gasteiger partial charge in [0.25, 0.3) is 0 Å². The fraction of sp³-hybridized carbons (Fsp3) is 0.636. The van der Waals surface area contributed by atoms with Crippen molar-refractivity contribution in [1.29, 1.82) is 0 Å². The molecular weight excluding hydrogens is 608 g/mol. The highest BCUT2D eigenvalue weighted by atomic mass is 16.7. The third kappa shape index (κ3) is 12.0. The van der Waals surface area contributed by atoms with Gasteiger partial charge in [0.2, 0.25) is 0 Å². The van der Waals surface area contributed by atoms with Crippen molar-refractivity contribution in [3.05, 3.63) is 0 Å². The van der Waals surface area contributed by atoms with E-state index >= 15 is 0 Å². The van der Waals surface area contributed by atoms with Gasteiger partial charge in [-0.05, 0) is 0 Å². The van der Waals surface area contributed by atoms with Crippen LogP contribution in [-0.2, 0) is 48.0 Å². The van der Waals surface area contributed by atoms with Crippen molar-refractivity contribution in [1.82, 2.24) is 11.0 Å². The number of nitrogens with one attached hydrogen (secondary N) is 2. The van der Waals surface area contributed by atoms with Crippen LogP contribution in [0.1, 0.15) is 51.4 Å². The summed E-state index contributed by atoms with van der Waals surface area (Å²) in [7, 11) is 0. The first-order chi connectivity index (χ1) is 20.0. The van der Waals surface area contributed by atoms with Crippen molar-refractivity contribution < 1.29 is 88.9 Å². The average Bonchev–Trinajstić information content (AvgIpc) is 2.76. The highest BCUT2D eigenvalue weighted by molar-refractivity contribution is 5.79. The van der Waals surface area contributed by atoms with E-state index in [0.717, 1.165) is 0 Å². The van der Waals surface area contributed by atoms with Crippen LogP contribution in [0.15, 0.2) is 0 Å². The molecule has 0 radical (unpaired) electrons. The van der Waals surface area contributed by atoms with E-state index in [2.05, 4.69) is 0 Å². The molecule has 0 amide bonds. The third-order valence-electron chi connectivity index (χ3n) is 6.41. The van der Waals surface area contributed by atoms with Crippen LogP contribution in [0.3, 0.4) is 0 Å². The molecule has 0 aliphatic heterocycles. The van der Waals surface area contributed by atoms with E-state index in [1.807, 2.05) is 11.0 Å². The van der Waals surface area contributed by atoms with Gasteiger partial charge in [0.15, 0.2) is 0 Å². The Bertz CT molecular complexity index is 974. The molecule has 0 aromatic heterocycles. The predicted octanol–water partition coefficient (Wildman–Crippen LogP) is -3.30. The molecule has 0 saturated heterocycles. The minimum Gasteiger partial charge on any atom is -0.481 e. The lowest BCUT2D eigenvalue weighted by Gasteiger charge is -2.46. The van der Waals surface area contributed by atoms with E-state index < -0.39 is 134 Å². The maximum atomic E-state index is 11.6. The third-order valence-corrected chi connectivity index (χ3v) is 6.41. The fourth-order valence-corrected chi connectivity index (χ4v) is 4.55. The van der Waals surface area contributed by atoms with Crippen LogP contribution >= 0.6 is 0 Å². The predicted molar refractivity (Wildman–Crippen MR) is 135 cm³/mol. The molecule has 0 rings (SSSR count). The lowest BCUT2D eigenvalue weighted by atomic mass is 9.69. The Morgan fingerprint density at radius 2 is 0.591 bits per heavy atom. The second-order valence-electron chi connectivity index (χ2n) is 9.94. The monoisotopic (exact) mass is 642 g/mol. The molecule has 22 nitrogen and oxygen atoms in total. The Labute approximate surface area is 246 Å². The summed E-state index contributed by atoms with van der Waals surface area (Å²) >= 11 is 0. The zero-order valence-electron chi connectivity index (χ0n) is 22.9. The van der Waals surface area contributed by atoms with Crippen LogP contribution < -0.4 is 22.4 Å². The molecule has 22 heteroatoms. The Hall–Kier alpha value is -4.48. The van der Waals surface area contributed by atoms with Gasteiger partial charge in [-0.1, -0.05) is 0 Å². The molecule has 0 bridgehead atoms. The first-order valence-corrected chi connectivity index (χ1v) is 12.1. The second-order valence-corrected chi connectivity index (χ2v) is 9.94. The summed E-state index contributed by atoms with van der Waals surface area (Å²) in [5.41, 5.74) is 5.65. The number of aliphatic carboxylic acids is 8. The summed E-state index contributed by atoms with van der Waals surface area (Å²) in [5, 5.41) is 74.7. The van der Waals surface area contributed by atoms with Gasteiger partial charge < -0.3 is 52.3 Å². The molecule has 250 valence electrons. The summed E-state index contributed by atoms with van der Waals surface area (Å²) in [4.78, 5) is 102. The first-order valence-electron chi connectivity index (χ1n) is 12.1. The molecular formula is C22H34N4O18. The van der Waals surface area contributed by atoms with E-state index in [4.69, 9.17) is 21.1 Å². The van der Waals surface area contributed by atoms with Crippen LogP contribution in [0.2, 0.25) is 0 Å². The Morgan fingerprint density at radius 3 is 0.750 bits per heavy atom. The molecule has 0 unspecified atom stereocenters. The first kappa shape index (κ1) is 39.5. The van der Waals surface area contributed by atoms with E-state index in [-0.39, 0.29) is 0 Å². The maximum Gasteiger partial charge on any atom is 0.305 e. The average molecular weight is 643 g/mol. The lowest BCUT2D eigenvalue weighted by Crippen LogP contribution is -2.71. The Balaban J connectivity index is 6.28. The van der Waals surface area contributed by atoms with Crippen LogP contribution in [0, 0.1) is 0 Å². The Kier molecular flexibility index (Phi) is 14.7. The number of carbonyl (C=O) groups is 8. The zero-order chi connectivity index (χ0) is 34.5. The SMILES string of the molecule is NC(CC(=O)O)(CC(=O)O)C(CC(=O)O)(CC(=O)O)NOCCONC(CC(=O)O)(CC(=O)O)C(N)(CC(=O)O)CC(=O)O. The number of rotatable bonds is 25. The lowest BCUT2D eigenvalue weighted by molar-refractivity contribution is -0.165. The van der Waals surface area contributed by atoms with Gasteiger partial charge in [0.1, 0.15) is 0 Å². The smallest absolute Gasteiger partial charge is 0.305 e. The standard InChI is InChI=1S/C22H34N4O18/c23-19(3-11(27)28,4-12(29)30)21(7-15(35)36,8-16(37)38)25-43-1-2-44-26-22(9-17(39)40,10-18(41)42)20(24,5-13(31)32)6-14(33)34/h25-26H,1-10,23-24H2,(H,27,28)(H,29,30)(H,31,32)(H,33,34)(H,35,36)(H,37,38)(H,39,40)(H,41,42). The number of nitrogens with two attached hydrogens (primary N) is 2. The Morgan fingerprint density at radius 1 is 0.409 bits per heavy atom. The molecule has 0 aromatic rings. The number of carboxylic acids is 8. The molecule has 0 saturated carbocycles. The molecule has 0 fully saturated rings. The van der Waals surface area contributed by atoms with Crippen molar-refractivity contribution >= 4 is 47.8 Å². The normalized spacial score (nSPS) is 12.3. The van der Waals surface area contributed by atoms with E-state index in [0.29, 0.717) is 0 Å². The van der Waals surface area contributed by atoms with Crippen LogP contribution in [0.4, 0.5) is 0 Å². The van der Waals surface area contributed by atoms with E-state index in [1.165, 1.54) is 0 Å². The van der Waals surface area contributed by atoms with Gasteiger partial charge in [-0.2, -0.15) is 11.0 Å². The van der Waals surface area contributed by atoms with Crippen LogP contribution in [0.25, 0.3) is 0 Å². The maximum absolute atomic E-state index is 11.6. The van der Waals surface area contributed by atoms with Gasteiger partial charge in [0, 0.05) is 0 Å². The van der Waals surface area contributed by atoms with Crippen molar-refractivity contribution in [3.63, 3.8) is 0 Å². The van der Waals surface area contributed by atoms with Gasteiger partial charge in [-0.15, -0.1) is 0 Å². The molecule has 0 aliphatic rings. The summed E-state index contributed by atoms with van der Waals surface area (Å²) in [5.74, 6) is -13.8. The van der Waals surface area contributed by atoms with Crippen LogP contribution in [-0.4, -0.2) is 124 Å². The van der Waals surface area contributed by atoms with Crippen molar-refractivity contribution in [2.75, 3.05) is 13.2 Å². The van der Waals surface area contributed by atoms with Gasteiger partial charge >= 0.3 is 47.8 Å². The zero-order valence-corrected chi connectivity index (χ0v) is 22.9. The molecule has 0 aliphatic carbocycles. The summed E-state index contributed by atoms with van der Waals surface area (Å²) in [6.45, 7) is -1.56. The minimum absolute atomic E-state index is 0.782. The number of hydroxylamine groups is 2.